The first-order valence-electron chi connectivity index (χ1n) is 11.8. The molecule has 4 aliphatic carbocycles. The van der Waals surface area contributed by atoms with Crippen LogP contribution in [0.15, 0.2) is 11.6 Å². The van der Waals surface area contributed by atoms with E-state index in [0.717, 1.165) is 24.2 Å². The smallest absolute Gasteiger partial charge is 0.331 e. The van der Waals surface area contributed by atoms with E-state index in [9.17, 15) is 9.59 Å². The molecule has 5 aliphatic rings. The van der Waals surface area contributed by atoms with Crippen molar-refractivity contribution < 1.29 is 14.3 Å². The van der Waals surface area contributed by atoms with Crippen molar-refractivity contribution >= 4 is 11.8 Å². The first kappa shape index (κ1) is 18.9. The summed E-state index contributed by atoms with van der Waals surface area (Å²) >= 11 is 0. The molecule has 1 unspecified atom stereocenters. The number of hydrogen-bond acceptors (Lipinski definition) is 3. The average molecular weight is 385 g/mol. The Morgan fingerprint density at radius 2 is 1.93 bits per heavy atom. The van der Waals surface area contributed by atoms with Crippen molar-refractivity contribution in [2.75, 3.05) is 6.61 Å². The van der Waals surface area contributed by atoms with Crippen LogP contribution in [0.3, 0.4) is 0 Å². The highest BCUT2D eigenvalue weighted by Gasteiger charge is 2.62. The first-order valence-corrected chi connectivity index (χ1v) is 11.8. The van der Waals surface area contributed by atoms with Gasteiger partial charge < -0.3 is 9.53 Å². The Balaban J connectivity index is 1.49. The van der Waals surface area contributed by atoms with Crippen LogP contribution in [0.2, 0.25) is 0 Å². The Morgan fingerprint density at radius 1 is 1.07 bits per heavy atom. The van der Waals surface area contributed by atoms with Crippen LogP contribution in [0.1, 0.15) is 84.5 Å². The maximum Gasteiger partial charge on any atom is 0.331 e. The molecule has 1 heterocycles. The fourth-order valence-electron chi connectivity index (χ4n) is 9.06. The molecule has 0 spiro atoms. The van der Waals surface area contributed by atoms with Crippen LogP contribution in [0.4, 0.5) is 0 Å². The summed E-state index contributed by atoms with van der Waals surface area (Å²) in [7, 11) is 0. The Labute approximate surface area is 169 Å². The number of ketones is 1. The van der Waals surface area contributed by atoms with Gasteiger partial charge in [-0.1, -0.05) is 19.8 Å². The molecule has 0 amide bonds. The summed E-state index contributed by atoms with van der Waals surface area (Å²) in [5, 5.41) is 0. The number of carbonyl (C=O) groups excluding carboxylic acids is 2. The van der Waals surface area contributed by atoms with Gasteiger partial charge in [0.2, 0.25) is 0 Å². The Bertz CT molecular complexity index is 709. The molecule has 5 rings (SSSR count). The Morgan fingerprint density at radius 3 is 2.68 bits per heavy atom. The summed E-state index contributed by atoms with van der Waals surface area (Å²) in [6.07, 6.45) is 15.8. The summed E-state index contributed by atoms with van der Waals surface area (Å²) in [4.78, 5) is 24.2. The van der Waals surface area contributed by atoms with Gasteiger partial charge in [0.1, 0.15) is 12.4 Å². The van der Waals surface area contributed by atoms with E-state index in [0.29, 0.717) is 36.1 Å². The van der Waals surface area contributed by atoms with Gasteiger partial charge in [0.25, 0.3) is 0 Å². The summed E-state index contributed by atoms with van der Waals surface area (Å²) in [6.45, 7) is 4.85. The summed E-state index contributed by atoms with van der Waals surface area (Å²) < 4.78 is 5.28. The maximum atomic E-state index is 12.4. The predicted octanol–water partition coefficient (Wildman–Crippen LogP) is 5.48. The van der Waals surface area contributed by atoms with Crippen molar-refractivity contribution in [2.24, 2.45) is 40.4 Å². The number of Topliss-reactive ketones (excluding diaryl/α,β-unsaturated/α-hetero) is 1. The van der Waals surface area contributed by atoms with Crippen molar-refractivity contribution in [3.63, 3.8) is 0 Å². The first-order chi connectivity index (χ1) is 13.4. The molecule has 0 radical (unpaired) electrons. The lowest BCUT2D eigenvalue weighted by molar-refractivity contribution is -0.136. The third-order valence-corrected chi connectivity index (χ3v) is 10.0. The highest BCUT2D eigenvalue weighted by molar-refractivity contribution is 5.85. The van der Waals surface area contributed by atoms with Crippen LogP contribution in [0.25, 0.3) is 0 Å². The molecule has 0 saturated heterocycles. The third kappa shape index (κ3) is 2.67. The molecular formula is C25H36O3. The minimum absolute atomic E-state index is 0.0880. The second-order valence-corrected chi connectivity index (χ2v) is 11.0. The number of ether oxygens (including phenoxy) is 1. The molecule has 28 heavy (non-hydrogen) atoms. The number of esters is 1. The van der Waals surface area contributed by atoms with Crippen LogP contribution in [-0.2, 0) is 14.3 Å². The lowest BCUT2D eigenvalue weighted by Gasteiger charge is -2.61. The lowest BCUT2D eigenvalue weighted by Crippen LogP contribution is -2.53. The SMILES string of the molecule is CC(=O)C[C@]12CC[C@H]3[C@@H](CCC4CCCC[C@@]43C)[C@H]1CC[C@@H]2C1=CC(=O)OC1. The third-order valence-electron chi connectivity index (χ3n) is 10.0. The summed E-state index contributed by atoms with van der Waals surface area (Å²) in [5.74, 6) is 3.77. The van der Waals surface area contributed by atoms with Crippen molar-refractivity contribution in [3.05, 3.63) is 11.6 Å². The largest absolute Gasteiger partial charge is 0.458 e. The van der Waals surface area contributed by atoms with E-state index < -0.39 is 0 Å². The van der Waals surface area contributed by atoms with Gasteiger partial charge in [-0.3, -0.25) is 0 Å². The van der Waals surface area contributed by atoms with Crippen molar-refractivity contribution in [3.8, 4) is 0 Å². The van der Waals surface area contributed by atoms with Crippen LogP contribution in [0.5, 0.6) is 0 Å². The molecule has 0 aromatic rings. The van der Waals surface area contributed by atoms with Crippen LogP contribution < -0.4 is 0 Å². The topological polar surface area (TPSA) is 43.4 Å². The van der Waals surface area contributed by atoms with E-state index in [1.165, 1.54) is 63.4 Å². The van der Waals surface area contributed by atoms with E-state index >= 15 is 0 Å². The zero-order valence-corrected chi connectivity index (χ0v) is 17.7. The fourth-order valence-corrected chi connectivity index (χ4v) is 9.06. The molecule has 1 aliphatic heterocycles. The molecule has 4 fully saturated rings. The van der Waals surface area contributed by atoms with Crippen molar-refractivity contribution in [1.82, 2.24) is 0 Å². The minimum Gasteiger partial charge on any atom is -0.458 e. The van der Waals surface area contributed by atoms with Gasteiger partial charge in [0.05, 0.1) is 0 Å². The molecule has 3 nitrogen and oxygen atoms in total. The van der Waals surface area contributed by atoms with Gasteiger partial charge in [-0.25, -0.2) is 4.79 Å². The molecule has 0 aromatic carbocycles. The van der Waals surface area contributed by atoms with Crippen molar-refractivity contribution in [1.29, 1.82) is 0 Å². The van der Waals surface area contributed by atoms with Crippen molar-refractivity contribution in [2.45, 2.75) is 84.5 Å². The Hall–Kier alpha value is -1.12. The Kier molecular flexibility index (Phi) is 4.52. The second-order valence-electron chi connectivity index (χ2n) is 11.0. The highest BCUT2D eigenvalue weighted by atomic mass is 16.5. The van der Waals surface area contributed by atoms with Gasteiger partial charge in [-0.2, -0.15) is 0 Å². The molecule has 0 bridgehead atoms. The van der Waals surface area contributed by atoms with E-state index in [1.54, 1.807) is 13.0 Å². The molecule has 0 N–H and O–H groups in total. The van der Waals surface area contributed by atoms with Crippen LogP contribution in [0, 0.1) is 40.4 Å². The zero-order valence-electron chi connectivity index (χ0n) is 17.7. The molecule has 0 aromatic heterocycles. The van der Waals surface area contributed by atoms with E-state index in [1.807, 2.05) is 0 Å². The van der Waals surface area contributed by atoms with E-state index in [4.69, 9.17) is 4.74 Å². The summed E-state index contributed by atoms with van der Waals surface area (Å²) in [5.41, 5.74) is 1.81. The van der Waals surface area contributed by atoms with Crippen LogP contribution >= 0.6 is 0 Å². The molecule has 154 valence electrons. The molecule has 4 saturated carbocycles. The van der Waals surface area contributed by atoms with E-state index in [-0.39, 0.29) is 11.4 Å². The van der Waals surface area contributed by atoms with Crippen LogP contribution in [-0.4, -0.2) is 18.4 Å². The summed E-state index contributed by atoms with van der Waals surface area (Å²) in [6, 6.07) is 0. The standard InChI is InChI=1S/C25H36O3/c1-16(26)14-25-12-10-21-19(7-6-18-5-3-4-11-24(18,21)2)22(25)9-8-20(25)17-13-23(27)28-15-17/h13,18-22H,3-12,14-15H2,1-2H3/t18?,19-,20-,21+,22-,24+,25+/m1/s1. The number of carbonyl (C=O) groups is 2. The van der Waals surface area contributed by atoms with Gasteiger partial charge in [0.15, 0.2) is 0 Å². The lowest BCUT2D eigenvalue weighted by atomic mass is 9.44. The maximum absolute atomic E-state index is 12.4. The number of fused-ring (bicyclic) bond motifs is 5. The second kappa shape index (κ2) is 6.71. The normalized spacial score (nSPS) is 47.6. The van der Waals surface area contributed by atoms with Gasteiger partial charge >= 0.3 is 5.97 Å². The average Bonchev–Trinajstić information content (AvgIpc) is 3.23. The minimum atomic E-state index is -0.180. The molecule has 7 atom stereocenters. The monoisotopic (exact) mass is 384 g/mol. The van der Waals surface area contributed by atoms with Gasteiger partial charge in [-0.05, 0) is 104 Å². The fraction of sp³-hybridized carbons (Fsp3) is 0.840. The zero-order chi connectivity index (χ0) is 19.5. The van der Waals surface area contributed by atoms with Gasteiger partial charge in [0, 0.05) is 12.5 Å². The number of cyclic esters (lactones) is 1. The number of rotatable bonds is 3. The highest BCUT2D eigenvalue weighted by Crippen LogP contribution is 2.69. The predicted molar refractivity (Wildman–Crippen MR) is 109 cm³/mol. The molecular weight excluding hydrogens is 348 g/mol. The quantitative estimate of drug-likeness (QED) is 0.605. The van der Waals surface area contributed by atoms with E-state index in [2.05, 4.69) is 6.92 Å². The number of hydrogen-bond donors (Lipinski definition) is 0. The van der Waals surface area contributed by atoms with Gasteiger partial charge in [-0.15, -0.1) is 0 Å². The molecule has 3 heteroatoms.